The average molecular weight is 300 g/mol. The zero-order valence-corrected chi connectivity index (χ0v) is 12.7. The molecule has 118 valence electrons. The molecular weight excluding hydrogens is 277 g/mol. The number of halogens is 3. The minimum atomic E-state index is -4.17. The first kappa shape index (κ1) is 16.3. The molecule has 0 radical (unpaired) electrons. The highest BCUT2D eigenvalue weighted by molar-refractivity contribution is 5.20. The molecule has 2 atom stereocenters. The number of rotatable bonds is 2. The molecule has 0 saturated carbocycles. The van der Waals surface area contributed by atoms with Gasteiger partial charge in [0.1, 0.15) is 0 Å². The first-order valence-electron chi connectivity index (χ1n) is 7.26. The molecule has 1 aromatic carbocycles. The summed E-state index contributed by atoms with van der Waals surface area (Å²) in [5.74, 6) is 0. The molecule has 0 aromatic heterocycles. The van der Waals surface area contributed by atoms with Gasteiger partial charge in [0.05, 0.1) is 6.54 Å². The van der Waals surface area contributed by atoms with E-state index in [1.54, 1.807) is 4.90 Å². The summed E-state index contributed by atoms with van der Waals surface area (Å²) in [5.41, 5.74) is 0.868. The number of piperazine rings is 1. The summed E-state index contributed by atoms with van der Waals surface area (Å²) in [7, 11) is 0. The lowest BCUT2D eigenvalue weighted by Crippen LogP contribution is -2.58. The Balaban J connectivity index is 2.20. The Hall–Kier alpha value is -1.07. The second-order valence-corrected chi connectivity index (χ2v) is 6.80. The van der Waals surface area contributed by atoms with E-state index in [9.17, 15) is 13.2 Å². The average Bonchev–Trinajstić information content (AvgIpc) is 2.36. The molecule has 0 spiro atoms. The highest BCUT2D eigenvalue weighted by atomic mass is 19.4. The number of nitrogens with zero attached hydrogens (tertiary/aromatic N) is 1. The highest BCUT2D eigenvalue weighted by Crippen LogP contribution is 2.31. The summed E-state index contributed by atoms with van der Waals surface area (Å²) < 4.78 is 38.7. The number of alkyl halides is 3. The van der Waals surface area contributed by atoms with E-state index in [-0.39, 0.29) is 17.5 Å². The van der Waals surface area contributed by atoms with Crippen LogP contribution < -0.4 is 5.32 Å². The molecule has 21 heavy (non-hydrogen) atoms. The van der Waals surface area contributed by atoms with Crippen molar-refractivity contribution >= 4 is 0 Å². The summed E-state index contributed by atoms with van der Waals surface area (Å²) >= 11 is 0. The quantitative estimate of drug-likeness (QED) is 0.897. The fourth-order valence-electron chi connectivity index (χ4n) is 2.80. The van der Waals surface area contributed by atoms with Crippen LogP contribution in [0, 0.1) is 5.41 Å². The van der Waals surface area contributed by atoms with Gasteiger partial charge in [-0.3, -0.25) is 4.90 Å². The molecule has 1 aliphatic rings. The van der Waals surface area contributed by atoms with Crippen LogP contribution in [0.15, 0.2) is 30.3 Å². The van der Waals surface area contributed by atoms with Gasteiger partial charge in [0, 0.05) is 25.2 Å². The van der Waals surface area contributed by atoms with Gasteiger partial charge in [-0.1, -0.05) is 51.1 Å². The van der Waals surface area contributed by atoms with Crippen LogP contribution in [0.4, 0.5) is 13.2 Å². The molecule has 1 N–H and O–H groups in total. The zero-order valence-electron chi connectivity index (χ0n) is 12.7. The van der Waals surface area contributed by atoms with Crippen molar-refractivity contribution in [2.24, 2.45) is 5.41 Å². The summed E-state index contributed by atoms with van der Waals surface area (Å²) in [6.07, 6.45) is -4.17. The maximum absolute atomic E-state index is 12.9. The van der Waals surface area contributed by atoms with Crippen molar-refractivity contribution in [1.82, 2.24) is 10.2 Å². The van der Waals surface area contributed by atoms with Crippen molar-refractivity contribution in [1.29, 1.82) is 0 Å². The van der Waals surface area contributed by atoms with Crippen LogP contribution in [0.25, 0.3) is 0 Å². The smallest absolute Gasteiger partial charge is 0.310 e. The van der Waals surface area contributed by atoms with Crippen molar-refractivity contribution in [3.05, 3.63) is 35.9 Å². The van der Waals surface area contributed by atoms with Crippen molar-refractivity contribution in [3.63, 3.8) is 0 Å². The Morgan fingerprint density at radius 2 is 1.76 bits per heavy atom. The van der Waals surface area contributed by atoms with Crippen LogP contribution in [0.5, 0.6) is 0 Å². The molecule has 5 heteroatoms. The van der Waals surface area contributed by atoms with Crippen molar-refractivity contribution in [2.45, 2.75) is 39.0 Å². The molecule has 1 aromatic rings. The Labute approximate surface area is 124 Å². The fourth-order valence-corrected chi connectivity index (χ4v) is 2.80. The standard InChI is InChI=1S/C16H23F3N2/c1-15(2,3)14-10-21(11-16(17,18)19)13(9-20-14)12-7-5-4-6-8-12/h4-8,13-14,20H,9-11H2,1-3H3. The Morgan fingerprint density at radius 1 is 1.14 bits per heavy atom. The maximum atomic E-state index is 12.9. The van der Waals surface area contributed by atoms with E-state index < -0.39 is 12.7 Å². The Bertz CT molecular complexity index is 451. The van der Waals surface area contributed by atoms with Crippen molar-refractivity contribution in [2.75, 3.05) is 19.6 Å². The number of benzene rings is 1. The van der Waals surface area contributed by atoms with Crippen LogP contribution in [-0.2, 0) is 0 Å². The van der Waals surface area contributed by atoms with Crippen LogP contribution >= 0.6 is 0 Å². The number of nitrogens with one attached hydrogen (secondary N) is 1. The van der Waals surface area contributed by atoms with Crippen LogP contribution in [0.2, 0.25) is 0 Å². The van der Waals surface area contributed by atoms with E-state index in [2.05, 4.69) is 26.1 Å². The lowest BCUT2D eigenvalue weighted by Gasteiger charge is -2.45. The molecule has 2 rings (SSSR count). The van der Waals surface area contributed by atoms with Crippen LogP contribution in [0.1, 0.15) is 32.4 Å². The van der Waals surface area contributed by atoms with Crippen LogP contribution in [-0.4, -0.2) is 36.8 Å². The lowest BCUT2D eigenvalue weighted by molar-refractivity contribution is -0.156. The number of hydrogen-bond donors (Lipinski definition) is 1. The van der Waals surface area contributed by atoms with Gasteiger partial charge in [-0.15, -0.1) is 0 Å². The SMILES string of the molecule is CC(C)(C)C1CN(CC(F)(F)F)C(c2ccccc2)CN1. The van der Waals surface area contributed by atoms with Gasteiger partial charge < -0.3 is 5.32 Å². The molecule has 1 fully saturated rings. The third-order valence-electron chi connectivity index (χ3n) is 4.03. The fraction of sp³-hybridized carbons (Fsp3) is 0.625. The Kier molecular flexibility index (Phi) is 4.63. The molecular formula is C16H23F3N2. The predicted molar refractivity (Wildman–Crippen MR) is 78.1 cm³/mol. The first-order chi connectivity index (χ1) is 9.67. The molecule has 1 aliphatic heterocycles. The molecule has 0 amide bonds. The van der Waals surface area contributed by atoms with E-state index in [1.165, 1.54) is 0 Å². The van der Waals surface area contributed by atoms with Crippen molar-refractivity contribution in [3.8, 4) is 0 Å². The van der Waals surface area contributed by atoms with Gasteiger partial charge in [-0.2, -0.15) is 13.2 Å². The number of hydrogen-bond acceptors (Lipinski definition) is 2. The minimum absolute atomic E-state index is 0.0554. The summed E-state index contributed by atoms with van der Waals surface area (Å²) in [6.45, 7) is 6.25. The van der Waals surface area contributed by atoms with Gasteiger partial charge in [-0.25, -0.2) is 0 Å². The normalized spacial score (nSPS) is 25.0. The Morgan fingerprint density at radius 3 is 2.29 bits per heavy atom. The lowest BCUT2D eigenvalue weighted by atomic mass is 9.84. The topological polar surface area (TPSA) is 15.3 Å². The summed E-state index contributed by atoms with van der Waals surface area (Å²) in [6, 6.07) is 9.24. The third-order valence-corrected chi connectivity index (χ3v) is 4.03. The first-order valence-corrected chi connectivity index (χ1v) is 7.26. The molecule has 2 nitrogen and oxygen atoms in total. The van der Waals surface area contributed by atoms with E-state index in [4.69, 9.17) is 0 Å². The summed E-state index contributed by atoms with van der Waals surface area (Å²) in [5, 5.41) is 3.41. The molecule has 1 heterocycles. The van der Waals surface area contributed by atoms with Gasteiger partial charge in [0.2, 0.25) is 0 Å². The van der Waals surface area contributed by atoms with Gasteiger partial charge in [0.15, 0.2) is 0 Å². The maximum Gasteiger partial charge on any atom is 0.401 e. The second kappa shape index (κ2) is 5.97. The minimum Gasteiger partial charge on any atom is -0.310 e. The largest absolute Gasteiger partial charge is 0.401 e. The van der Waals surface area contributed by atoms with E-state index in [1.807, 2.05) is 30.3 Å². The second-order valence-electron chi connectivity index (χ2n) is 6.80. The predicted octanol–water partition coefficient (Wildman–Crippen LogP) is 3.61. The molecule has 2 unspecified atom stereocenters. The van der Waals surface area contributed by atoms with Crippen LogP contribution in [0.3, 0.4) is 0 Å². The van der Waals surface area contributed by atoms with E-state index in [0.717, 1.165) is 5.56 Å². The van der Waals surface area contributed by atoms with Gasteiger partial charge >= 0.3 is 6.18 Å². The monoisotopic (exact) mass is 300 g/mol. The molecule has 1 saturated heterocycles. The van der Waals surface area contributed by atoms with Gasteiger partial charge in [0.25, 0.3) is 0 Å². The molecule has 0 bridgehead atoms. The zero-order chi connectivity index (χ0) is 15.7. The summed E-state index contributed by atoms with van der Waals surface area (Å²) in [4.78, 5) is 1.56. The third kappa shape index (κ3) is 4.45. The van der Waals surface area contributed by atoms with Crippen molar-refractivity contribution < 1.29 is 13.2 Å². The van der Waals surface area contributed by atoms with E-state index >= 15 is 0 Å². The highest BCUT2D eigenvalue weighted by Gasteiger charge is 2.40. The molecule has 0 aliphatic carbocycles. The van der Waals surface area contributed by atoms with Gasteiger partial charge in [-0.05, 0) is 11.0 Å². The van der Waals surface area contributed by atoms with E-state index in [0.29, 0.717) is 13.1 Å².